The molecule has 1 aromatic carbocycles. The van der Waals surface area contributed by atoms with Gasteiger partial charge in [-0.05, 0) is 86.7 Å². The SMILES string of the molecule is CCc1ccc(C2CCC(C3CCC(C=O)CC3)CC2)cc1. The zero-order chi connectivity index (χ0) is 15.4. The van der Waals surface area contributed by atoms with Crippen molar-refractivity contribution in [2.75, 3.05) is 0 Å². The van der Waals surface area contributed by atoms with Gasteiger partial charge in [0, 0.05) is 5.92 Å². The highest BCUT2D eigenvalue weighted by Gasteiger charge is 2.31. The van der Waals surface area contributed by atoms with Gasteiger partial charge in [-0.1, -0.05) is 31.2 Å². The molecular formula is C21H30O. The average Bonchev–Trinajstić information content (AvgIpc) is 2.62. The van der Waals surface area contributed by atoms with Crippen molar-refractivity contribution in [2.45, 2.75) is 70.6 Å². The van der Waals surface area contributed by atoms with E-state index in [9.17, 15) is 4.79 Å². The van der Waals surface area contributed by atoms with Crippen LogP contribution in [0.3, 0.4) is 0 Å². The van der Waals surface area contributed by atoms with E-state index in [-0.39, 0.29) is 0 Å². The highest BCUT2D eigenvalue weighted by Crippen LogP contribution is 2.43. The van der Waals surface area contributed by atoms with Gasteiger partial charge >= 0.3 is 0 Å². The molecule has 0 N–H and O–H groups in total. The van der Waals surface area contributed by atoms with Crippen LogP contribution in [0.15, 0.2) is 24.3 Å². The van der Waals surface area contributed by atoms with Crippen molar-refractivity contribution in [2.24, 2.45) is 17.8 Å². The van der Waals surface area contributed by atoms with Crippen LogP contribution in [-0.2, 0) is 11.2 Å². The summed E-state index contributed by atoms with van der Waals surface area (Å²) in [7, 11) is 0. The lowest BCUT2D eigenvalue weighted by Gasteiger charge is -2.37. The van der Waals surface area contributed by atoms with Gasteiger partial charge in [-0.25, -0.2) is 0 Å². The molecule has 0 saturated heterocycles. The third-order valence-electron chi connectivity index (χ3n) is 6.31. The molecule has 0 aliphatic heterocycles. The molecule has 0 spiro atoms. The van der Waals surface area contributed by atoms with Gasteiger partial charge in [0.25, 0.3) is 0 Å². The fourth-order valence-electron chi connectivity index (χ4n) is 4.70. The first kappa shape index (κ1) is 15.8. The smallest absolute Gasteiger partial charge is 0.123 e. The fraction of sp³-hybridized carbons (Fsp3) is 0.667. The van der Waals surface area contributed by atoms with Crippen molar-refractivity contribution >= 4 is 6.29 Å². The molecule has 0 heterocycles. The second-order valence-electron chi connectivity index (χ2n) is 7.52. The van der Waals surface area contributed by atoms with Gasteiger partial charge < -0.3 is 4.79 Å². The van der Waals surface area contributed by atoms with Crippen LogP contribution in [0.25, 0.3) is 0 Å². The molecule has 120 valence electrons. The Hall–Kier alpha value is -1.11. The van der Waals surface area contributed by atoms with Gasteiger partial charge in [0.2, 0.25) is 0 Å². The number of hydrogen-bond donors (Lipinski definition) is 0. The van der Waals surface area contributed by atoms with Crippen LogP contribution in [0.2, 0.25) is 0 Å². The minimum absolute atomic E-state index is 0.365. The van der Waals surface area contributed by atoms with E-state index in [4.69, 9.17) is 0 Å². The quantitative estimate of drug-likeness (QED) is 0.668. The lowest BCUT2D eigenvalue weighted by atomic mass is 9.68. The van der Waals surface area contributed by atoms with Crippen molar-refractivity contribution in [3.8, 4) is 0 Å². The van der Waals surface area contributed by atoms with Crippen LogP contribution in [0, 0.1) is 17.8 Å². The Morgan fingerprint density at radius 1 is 0.864 bits per heavy atom. The van der Waals surface area contributed by atoms with E-state index in [1.807, 2.05) is 0 Å². The molecule has 2 aliphatic carbocycles. The molecule has 2 fully saturated rings. The topological polar surface area (TPSA) is 17.1 Å². The Morgan fingerprint density at radius 3 is 1.91 bits per heavy atom. The van der Waals surface area contributed by atoms with E-state index >= 15 is 0 Å². The average molecular weight is 298 g/mol. The Balaban J connectivity index is 1.50. The maximum absolute atomic E-state index is 10.9. The summed E-state index contributed by atoms with van der Waals surface area (Å²) in [5.74, 6) is 2.98. The van der Waals surface area contributed by atoms with Crippen LogP contribution in [0.5, 0.6) is 0 Å². The van der Waals surface area contributed by atoms with Gasteiger partial charge in [0.1, 0.15) is 6.29 Å². The molecular weight excluding hydrogens is 268 g/mol. The largest absolute Gasteiger partial charge is 0.303 e. The van der Waals surface area contributed by atoms with E-state index in [1.54, 1.807) is 5.56 Å². The number of rotatable bonds is 4. The number of hydrogen-bond acceptors (Lipinski definition) is 1. The standard InChI is InChI=1S/C21H30O/c1-2-16-3-7-18(8-4-16)20-11-13-21(14-12-20)19-9-5-17(15-22)6-10-19/h3-4,7-8,15,17,19-21H,2,5-6,9-14H2,1H3. The summed E-state index contributed by atoms with van der Waals surface area (Å²) in [6.45, 7) is 2.22. The predicted molar refractivity (Wildman–Crippen MR) is 92.0 cm³/mol. The number of carbonyl (C=O) groups excluding carboxylic acids is 1. The molecule has 1 nitrogen and oxygen atoms in total. The second-order valence-corrected chi connectivity index (χ2v) is 7.52. The third kappa shape index (κ3) is 3.62. The number of carbonyl (C=O) groups is 1. The summed E-state index contributed by atoms with van der Waals surface area (Å²) in [5.41, 5.74) is 3.00. The normalized spacial score (nSPS) is 32.6. The minimum atomic E-state index is 0.365. The van der Waals surface area contributed by atoms with Crippen molar-refractivity contribution in [3.05, 3.63) is 35.4 Å². The lowest BCUT2D eigenvalue weighted by molar-refractivity contribution is -0.112. The van der Waals surface area contributed by atoms with E-state index in [2.05, 4.69) is 31.2 Å². The summed E-state index contributed by atoms with van der Waals surface area (Å²) in [6, 6.07) is 9.34. The summed E-state index contributed by atoms with van der Waals surface area (Å²) < 4.78 is 0. The van der Waals surface area contributed by atoms with E-state index in [0.717, 1.165) is 37.0 Å². The first-order valence-electron chi connectivity index (χ1n) is 9.34. The Bertz CT molecular complexity index is 459. The molecule has 3 rings (SSSR count). The maximum atomic E-state index is 10.9. The van der Waals surface area contributed by atoms with Crippen LogP contribution in [0.4, 0.5) is 0 Å². The molecule has 0 amide bonds. The zero-order valence-electron chi connectivity index (χ0n) is 14.0. The molecule has 0 unspecified atom stereocenters. The van der Waals surface area contributed by atoms with E-state index < -0.39 is 0 Å². The lowest BCUT2D eigenvalue weighted by Crippen LogP contribution is -2.25. The first-order chi connectivity index (χ1) is 10.8. The van der Waals surface area contributed by atoms with E-state index in [1.165, 1.54) is 50.4 Å². The van der Waals surface area contributed by atoms with Gasteiger partial charge in [-0.15, -0.1) is 0 Å². The molecule has 0 bridgehead atoms. The molecule has 1 heteroatoms. The molecule has 22 heavy (non-hydrogen) atoms. The number of aryl methyl sites for hydroxylation is 1. The summed E-state index contributed by atoms with van der Waals surface area (Å²) in [6.07, 6.45) is 12.7. The summed E-state index contributed by atoms with van der Waals surface area (Å²) >= 11 is 0. The summed E-state index contributed by atoms with van der Waals surface area (Å²) in [5, 5.41) is 0. The van der Waals surface area contributed by atoms with Crippen molar-refractivity contribution < 1.29 is 4.79 Å². The number of aldehydes is 1. The molecule has 2 saturated carbocycles. The Morgan fingerprint density at radius 2 is 1.41 bits per heavy atom. The highest BCUT2D eigenvalue weighted by molar-refractivity contribution is 5.53. The predicted octanol–water partition coefficient (Wildman–Crippen LogP) is 5.53. The van der Waals surface area contributed by atoms with Crippen LogP contribution in [-0.4, -0.2) is 6.29 Å². The van der Waals surface area contributed by atoms with Crippen LogP contribution < -0.4 is 0 Å². The fourth-order valence-corrected chi connectivity index (χ4v) is 4.70. The second kappa shape index (κ2) is 7.44. The molecule has 0 radical (unpaired) electrons. The van der Waals surface area contributed by atoms with Gasteiger partial charge in [0.05, 0.1) is 0 Å². The maximum Gasteiger partial charge on any atom is 0.123 e. The monoisotopic (exact) mass is 298 g/mol. The molecule has 2 aliphatic rings. The van der Waals surface area contributed by atoms with Crippen LogP contribution >= 0.6 is 0 Å². The number of benzene rings is 1. The zero-order valence-corrected chi connectivity index (χ0v) is 14.0. The molecule has 1 aromatic rings. The first-order valence-corrected chi connectivity index (χ1v) is 9.34. The molecule has 0 atom stereocenters. The van der Waals surface area contributed by atoms with Gasteiger partial charge in [0.15, 0.2) is 0 Å². The van der Waals surface area contributed by atoms with Gasteiger partial charge in [-0.3, -0.25) is 0 Å². The van der Waals surface area contributed by atoms with Crippen molar-refractivity contribution in [1.29, 1.82) is 0 Å². The summed E-state index contributed by atoms with van der Waals surface area (Å²) in [4.78, 5) is 10.9. The Labute approximate surface area is 135 Å². The van der Waals surface area contributed by atoms with Crippen LogP contribution in [0.1, 0.15) is 75.3 Å². The Kier molecular flexibility index (Phi) is 5.33. The van der Waals surface area contributed by atoms with E-state index in [0.29, 0.717) is 5.92 Å². The third-order valence-corrected chi connectivity index (χ3v) is 6.31. The minimum Gasteiger partial charge on any atom is -0.303 e. The van der Waals surface area contributed by atoms with Crippen molar-refractivity contribution in [1.82, 2.24) is 0 Å². The van der Waals surface area contributed by atoms with Gasteiger partial charge in [-0.2, -0.15) is 0 Å². The molecule has 0 aromatic heterocycles. The van der Waals surface area contributed by atoms with Crippen molar-refractivity contribution in [3.63, 3.8) is 0 Å². The highest BCUT2D eigenvalue weighted by atomic mass is 16.1.